The summed E-state index contributed by atoms with van der Waals surface area (Å²) >= 11 is 0. The van der Waals surface area contributed by atoms with Crippen LogP contribution in [0.3, 0.4) is 0 Å². The third-order valence-corrected chi connectivity index (χ3v) is 14.9. The first-order valence-electron chi connectivity index (χ1n) is 25.3. The molecule has 1 heteroatoms. The molecule has 0 unspecified atom stereocenters. The Morgan fingerprint density at radius 3 is 0.746 bits per heavy atom. The van der Waals surface area contributed by atoms with Crippen molar-refractivity contribution in [1.29, 1.82) is 0 Å². The molecule has 0 bridgehead atoms. The minimum absolute atomic E-state index is 0.0814. The van der Waals surface area contributed by atoms with Crippen molar-refractivity contribution >= 4 is 81.7 Å². The van der Waals surface area contributed by atoms with Crippen molar-refractivity contribution in [3.63, 3.8) is 0 Å². The molecular formula is C70H59N. The highest BCUT2D eigenvalue weighted by atomic mass is 15.1. The van der Waals surface area contributed by atoms with Crippen LogP contribution in [0.1, 0.15) is 63.8 Å². The molecule has 0 radical (unpaired) electrons. The highest BCUT2D eigenvalue weighted by Crippen LogP contribution is 2.52. The summed E-state index contributed by atoms with van der Waals surface area (Å²) in [5.41, 5.74) is 15.9. The number of benzene rings is 12. The molecule has 0 aliphatic rings. The van der Waals surface area contributed by atoms with E-state index in [1.54, 1.807) is 0 Å². The van der Waals surface area contributed by atoms with E-state index in [-0.39, 0.29) is 10.8 Å². The zero-order valence-corrected chi connectivity index (χ0v) is 42.2. The van der Waals surface area contributed by atoms with Crippen LogP contribution in [0.5, 0.6) is 0 Å². The quantitative estimate of drug-likeness (QED) is 0.150. The first kappa shape index (κ1) is 44.2. The molecule has 0 heterocycles. The van der Waals surface area contributed by atoms with Gasteiger partial charge in [-0.3, -0.25) is 0 Å². The maximum Gasteiger partial charge on any atom is 0.0618 e. The number of rotatable bonds is 6. The van der Waals surface area contributed by atoms with E-state index in [9.17, 15) is 0 Å². The van der Waals surface area contributed by atoms with Gasteiger partial charge in [0.25, 0.3) is 0 Å². The SMILES string of the molecule is Cc1ccc(N(c2ccc(C)cc2)c2c3ccccc3c(-c3cc(-c4c5ccccc5c(C(C)(C)C)c5ccccc45)cc(-c4c5ccccc5c(C(C)(C)C)c5ccccc45)c3)c3ccccc23)cc1. The predicted molar refractivity (Wildman–Crippen MR) is 309 cm³/mol. The van der Waals surface area contributed by atoms with Crippen LogP contribution in [0.25, 0.3) is 98.0 Å². The molecule has 12 rings (SSSR count). The smallest absolute Gasteiger partial charge is 0.0618 e. The van der Waals surface area contributed by atoms with Crippen molar-refractivity contribution in [2.24, 2.45) is 0 Å². The molecule has 344 valence electrons. The van der Waals surface area contributed by atoms with Crippen LogP contribution in [0.4, 0.5) is 17.1 Å². The minimum atomic E-state index is -0.0814. The van der Waals surface area contributed by atoms with Crippen LogP contribution < -0.4 is 4.90 Å². The molecular weight excluding hydrogens is 855 g/mol. The molecule has 12 aromatic carbocycles. The largest absolute Gasteiger partial charge is 0.309 e. The monoisotopic (exact) mass is 913 g/mol. The van der Waals surface area contributed by atoms with Crippen molar-refractivity contribution in [3.05, 3.63) is 235 Å². The van der Waals surface area contributed by atoms with E-state index in [0.29, 0.717) is 0 Å². The summed E-state index contributed by atoms with van der Waals surface area (Å²) in [6.45, 7) is 18.5. The van der Waals surface area contributed by atoms with Crippen LogP contribution in [-0.4, -0.2) is 0 Å². The molecule has 71 heavy (non-hydrogen) atoms. The topological polar surface area (TPSA) is 3.24 Å². The van der Waals surface area contributed by atoms with Crippen molar-refractivity contribution in [2.45, 2.75) is 66.2 Å². The number of hydrogen-bond donors (Lipinski definition) is 0. The second-order valence-corrected chi connectivity index (χ2v) is 21.8. The number of anilines is 3. The van der Waals surface area contributed by atoms with E-state index in [4.69, 9.17) is 0 Å². The third kappa shape index (κ3) is 7.37. The van der Waals surface area contributed by atoms with Gasteiger partial charge in [-0.2, -0.15) is 0 Å². The van der Waals surface area contributed by atoms with E-state index >= 15 is 0 Å². The summed E-state index contributed by atoms with van der Waals surface area (Å²) in [4.78, 5) is 2.47. The second kappa shape index (κ2) is 16.9. The second-order valence-electron chi connectivity index (χ2n) is 21.8. The van der Waals surface area contributed by atoms with Crippen LogP contribution in [0.2, 0.25) is 0 Å². The maximum absolute atomic E-state index is 2.51. The zero-order chi connectivity index (χ0) is 48.8. The Morgan fingerprint density at radius 2 is 0.493 bits per heavy atom. The lowest BCUT2D eigenvalue weighted by Gasteiger charge is -2.30. The highest BCUT2D eigenvalue weighted by molar-refractivity contribution is 6.24. The van der Waals surface area contributed by atoms with Crippen LogP contribution in [0.15, 0.2) is 212 Å². The van der Waals surface area contributed by atoms with E-state index in [2.05, 4.69) is 273 Å². The van der Waals surface area contributed by atoms with E-state index in [0.717, 1.165) is 11.4 Å². The Hall–Kier alpha value is -8.00. The first-order valence-corrected chi connectivity index (χ1v) is 25.3. The van der Waals surface area contributed by atoms with Crippen molar-refractivity contribution in [2.75, 3.05) is 4.90 Å². The van der Waals surface area contributed by atoms with Gasteiger partial charge in [-0.05, 0) is 166 Å². The van der Waals surface area contributed by atoms with Crippen LogP contribution in [0, 0.1) is 13.8 Å². The minimum Gasteiger partial charge on any atom is -0.309 e. The average molecular weight is 914 g/mol. The van der Waals surface area contributed by atoms with E-state index in [1.165, 1.54) is 126 Å². The van der Waals surface area contributed by atoms with Crippen molar-refractivity contribution < 1.29 is 0 Å². The fraction of sp³-hybridized carbons (Fsp3) is 0.143. The summed E-state index contributed by atoms with van der Waals surface area (Å²) in [6, 6.07) is 80.2. The maximum atomic E-state index is 2.51. The molecule has 0 spiro atoms. The highest BCUT2D eigenvalue weighted by Gasteiger charge is 2.28. The molecule has 0 N–H and O–H groups in total. The molecule has 0 amide bonds. The van der Waals surface area contributed by atoms with E-state index < -0.39 is 0 Å². The van der Waals surface area contributed by atoms with Gasteiger partial charge in [0.1, 0.15) is 0 Å². The Labute approximate surface area is 418 Å². The fourth-order valence-corrected chi connectivity index (χ4v) is 12.0. The van der Waals surface area contributed by atoms with Gasteiger partial charge in [-0.25, -0.2) is 0 Å². The lowest BCUT2D eigenvalue weighted by atomic mass is 9.76. The lowest BCUT2D eigenvalue weighted by molar-refractivity contribution is 0.601. The van der Waals surface area contributed by atoms with Gasteiger partial charge in [-0.15, -0.1) is 0 Å². The van der Waals surface area contributed by atoms with Crippen LogP contribution >= 0.6 is 0 Å². The molecule has 0 aliphatic carbocycles. The van der Waals surface area contributed by atoms with Crippen LogP contribution in [-0.2, 0) is 10.8 Å². The standard InChI is InChI=1S/C70H59N/c1-44-33-37-49(38-34-44)71(50-39-35-45(2)36-40-50)68-61-31-19-13-25-55(61)65(56-26-14-20-32-62(56)68)48-42-46(63-51-21-9-15-27-57(51)66(69(3,4)5)58-28-16-10-22-52(58)63)41-47(43-48)64-53-23-11-17-29-59(53)67(70(6,7)8)60-30-18-12-24-54(60)64/h9-43H,1-8H3. The number of nitrogens with zero attached hydrogens (tertiary/aromatic N) is 1. The van der Waals surface area contributed by atoms with Crippen molar-refractivity contribution in [3.8, 4) is 33.4 Å². The Kier molecular flexibility index (Phi) is 10.5. The molecule has 12 aromatic rings. The van der Waals surface area contributed by atoms with Gasteiger partial charge in [0.05, 0.1) is 5.69 Å². The average Bonchev–Trinajstić information content (AvgIpc) is 3.37. The van der Waals surface area contributed by atoms with Crippen molar-refractivity contribution in [1.82, 2.24) is 0 Å². The van der Waals surface area contributed by atoms with Gasteiger partial charge in [0.2, 0.25) is 0 Å². The summed E-state index contributed by atoms with van der Waals surface area (Å²) in [5.74, 6) is 0. The lowest BCUT2D eigenvalue weighted by Crippen LogP contribution is -2.13. The van der Waals surface area contributed by atoms with Gasteiger partial charge >= 0.3 is 0 Å². The number of aryl methyl sites for hydroxylation is 2. The molecule has 0 fully saturated rings. The molecule has 0 aliphatic heterocycles. The van der Waals surface area contributed by atoms with Gasteiger partial charge in [0, 0.05) is 22.1 Å². The van der Waals surface area contributed by atoms with Gasteiger partial charge in [-0.1, -0.05) is 223 Å². The summed E-state index contributed by atoms with van der Waals surface area (Å²) in [5, 5.41) is 15.1. The molecule has 0 saturated heterocycles. The molecule has 0 aromatic heterocycles. The third-order valence-electron chi connectivity index (χ3n) is 14.9. The predicted octanol–water partition coefficient (Wildman–Crippen LogP) is 20.3. The van der Waals surface area contributed by atoms with Gasteiger partial charge in [0.15, 0.2) is 0 Å². The number of hydrogen-bond acceptors (Lipinski definition) is 1. The Bertz CT molecular complexity index is 3690. The number of fused-ring (bicyclic) bond motifs is 6. The normalized spacial score (nSPS) is 12.2. The molecule has 0 saturated carbocycles. The Balaban J connectivity index is 1.25. The summed E-state index contributed by atoms with van der Waals surface area (Å²) in [7, 11) is 0. The first-order chi connectivity index (χ1) is 34.3. The van der Waals surface area contributed by atoms with E-state index in [1.807, 2.05) is 0 Å². The zero-order valence-electron chi connectivity index (χ0n) is 42.2. The Morgan fingerprint density at radius 1 is 0.268 bits per heavy atom. The summed E-state index contributed by atoms with van der Waals surface area (Å²) < 4.78 is 0. The van der Waals surface area contributed by atoms with Gasteiger partial charge < -0.3 is 4.90 Å². The molecule has 1 nitrogen and oxygen atoms in total. The molecule has 0 atom stereocenters. The summed E-state index contributed by atoms with van der Waals surface area (Å²) in [6.07, 6.45) is 0. The fourth-order valence-electron chi connectivity index (χ4n) is 12.0.